The van der Waals surface area contributed by atoms with Gasteiger partial charge in [0.15, 0.2) is 0 Å². The average molecular weight is 309 g/mol. The van der Waals surface area contributed by atoms with Gasteiger partial charge in [-0.2, -0.15) is 0 Å². The Hall–Kier alpha value is -1.75. The van der Waals surface area contributed by atoms with Crippen molar-refractivity contribution < 1.29 is 8.78 Å². The van der Waals surface area contributed by atoms with Crippen LogP contribution in [0.15, 0.2) is 40.9 Å². The standard InChI is InChI=1S/C13H7BrF2N2/c14-7-5-8(15)12(9(16)6-7)13-17-10-3-1-2-4-11(10)18-13/h1-6H,(H,17,18). The third-order valence-corrected chi connectivity index (χ3v) is 3.09. The van der Waals surface area contributed by atoms with Gasteiger partial charge < -0.3 is 4.98 Å². The summed E-state index contributed by atoms with van der Waals surface area (Å²) in [6.45, 7) is 0. The number of nitrogens with zero attached hydrogens (tertiary/aromatic N) is 1. The molecular formula is C13H7BrF2N2. The van der Waals surface area contributed by atoms with Crippen molar-refractivity contribution >= 4 is 27.0 Å². The molecule has 0 atom stereocenters. The van der Waals surface area contributed by atoms with Gasteiger partial charge in [-0.3, -0.25) is 0 Å². The maximum Gasteiger partial charge on any atom is 0.144 e. The van der Waals surface area contributed by atoms with Crippen LogP contribution in [0, 0.1) is 11.6 Å². The molecular weight excluding hydrogens is 302 g/mol. The number of halogens is 3. The minimum atomic E-state index is -0.652. The number of para-hydroxylation sites is 2. The molecule has 1 heterocycles. The number of nitrogens with one attached hydrogen (secondary N) is 1. The van der Waals surface area contributed by atoms with Gasteiger partial charge in [0.25, 0.3) is 0 Å². The molecule has 3 rings (SSSR count). The number of aromatic nitrogens is 2. The molecule has 0 amide bonds. The first-order chi connectivity index (χ1) is 8.65. The average Bonchev–Trinajstić information content (AvgIpc) is 2.70. The van der Waals surface area contributed by atoms with E-state index >= 15 is 0 Å². The van der Waals surface area contributed by atoms with Crippen molar-refractivity contribution in [2.24, 2.45) is 0 Å². The number of H-pyrrole nitrogens is 1. The fourth-order valence-corrected chi connectivity index (χ4v) is 2.24. The smallest absolute Gasteiger partial charge is 0.144 e. The third kappa shape index (κ3) is 1.80. The maximum atomic E-state index is 13.8. The number of imidazole rings is 1. The minimum Gasteiger partial charge on any atom is -0.338 e. The third-order valence-electron chi connectivity index (χ3n) is 2.63. The van der Waals surface area contributed by atoms with E-state index in [1.807, 2.05) is 12.1 Å². The van der Waals surface area contributed by atoms with E-state index in [4.69, 9.17) is 0 Å². The number of fused-ring (bicyclic) bond motifs is 1. The first-order valence-electron chi connectivity index (χ1n) is 5.25. The van der Waals surface area contributed by atoms with Crippen molar-refractivity contribution in [3.05, 3.63) is 52.5 Å². The van der Waals surface area contributed by atoms with Crippen LogP contribution in [-0.2, 0) is 0 Å². The van der Waals surface area contributed by atoms with Crippen LogP contribution >= 0.6 is 15.9 Å². The molecule has 0 spiro atoms. The van der Waals surface area contributed by atoms with Gasteiger partial charge in [0, 0.05) is 4.47 Å². The van der Waals surface area contributed by atoms with Gasteiger partial charge >= 0.3 is 0 Å². The van der Waals surface area contributed by atoms with Crippen LogP contribution in [0.3, 0.4) is 0 Å². The summed E-state index contributed by atoms with van der Waals surface area (Å²) in [5.41, 5.74) is 1.28. The summed E-state index contributed by atoms with van der Waals surface area (Å²) in [6.07, 6.45) is 0. The van der Waals surface area contributed by atoms with Crippen molar-refractivity contribution in [2.45, 2.75) is 0 Å². The first kappa shape index (κ1) is 11.3. The maximum absolute atomic E-state index is 13.8. The summed E-state index contributed by atoms with van der Waals surface area (Å²) in [7, 11) is 0. The lowest BCUT2D eigenvalue weighted by Crippen LogP contribution is -1.92. The summed E-state index contributed by atoms with van der Waals surface area (Å²) in [5, 5.41) is 0. The Balaban J connectivity index is 2.26. The molecule has 0 aliphatic carbocycles. The fraction of sp³-hybridized carbons (Fsp3) is 0. The van der Waals surface area contributed by atoms with E-state index in [2.05, 4.69) is 25.9 Å². The van der Waals surface area contributed by atoms with Crippen molar-refractivity contribution in [3.8, 4) is 11.4 Å². The van der Waals surface area contributed by atoms with E-state index in [9.17, 15) is 8.78 Å². The topological polar surface area (TPSA) is 28.7 Å². The van der Waals surface area contributed by atoms with Gasteiger partial charge in [-0.1, -0.05) is 28.1 Å². The lowest BCUT2D eigenvalue weighted by atomic mass is 10.2. The number of hydrogen-bond donors (Lipinski definition) is 1. The Kier molecular flexibility index (Phi) is 2.63. The van der Waals surface area contributed by atoms with Gasteiger partial charge in [-0.05, 0) is 24.3 Å². The number of rotatable bonds is 1. The monoisotopic (exact) mass is 308 g/mol. The number of benzene rings is 2. The lowest BCUT2D eigenvalue weighted by Gasteiger charge is -2.02. The Morgan fingerprint density at radius 3 is 2.39 bits per heavy atom. The van der Waals surface area contributed by atoms with E-state index in [-0.39, 0.29) is 11.4 Å². The Bertz CT molecular complexity index is 681. The molecule has 3 aromatic rings. The second kappa shape index (κ2) is 4.17. The fourth-order valence-electron chi connectivity index (χ4n) is 1.84. The van der Waals surface area contributed by atoms with Gasteiger partial charge in [0.2, 0.25) is 0 Å². The molecule has 2 nitrogen and oxygen atoms in total. The molecule has 0 bridgehead atoms. The molecule has 1 aromatic heterocycles. The van der Waals surface area contributed by atoms with Gasteiger partial charge in [0.05, 0.1) is 16.6 Å². The van der Waals surface area contributed by atoms with Crippen LogP contribution < -0.4 is 0 Å². The molecule has 1 N–H and O–H groups in total. The van der Waals surface area contributed by atoms with Gasteiger partial charge in [-0.15, -0.1) is 0 Å². The van der Waals surface area contributed by atoms with E-state index in [1.54, 1.807) is 12.1 Å². The zero-order chi connectivity index (χ0) is 12.7. The molecule has 0 unspecified atom stereocenters. The van der Waals surface area contributed by atoms with Crippen LogP contribution in [-0.4, -0.2) is 9.97 Å². The molecule has 0 radical (unpaired) electrons. The Labute approximate surface area is 110 Å². The van der Waals surface area contributed by atoms with Crippen LogP contribution in [0.25, 0.3) is 22.4 Å². The number of aromatic amines is 1. The van der Waals surface area contributed by atoms with Crippen molar-refractivity contribution in [1.82, 2.24) is 9.97 Å². The predicted octanol–water partition coefficient (Wildman–Crippen LogP) is 4.27. The minimum absolute atomic E-state index is 0.144. The molecule has 90 valence electrons. The van der Waals surface area contributed by atoms with Crippen LogP contribution in [0.1, 0.15) is 0 Å². The summed E-state index contributed by atoms with van der Waals surface area (Å²) in [5.74, 6) is -1.11. The highest BCUT2D eigenvalue weighted by molar-refractivity contribution is 9.10. The Morgan fingerprint density at radius 2 is 1.72 bits per heavy atom. The molecule has 0 saturated heterocycles. The quantitative estimate of drug-likeness (QED) is 0.714. The highest BCUT2D eigenvalue weighted by Gasteiger charge is 2.16. The van der Waals surface area contributed by atoms with E-state index in [0.717, 1.165) is 5.52 Å². The largest absolute Gasteiger partial charge is 0.338 e. The first-order valence-corrected chi connectivity index (χ1v) is 6.04. The van der Waals surface area contributed by atoms with Crippen LogP contribution in [0.4, 0.5) is 8.78 Å². The zero-order valence-corrected chi connectivity index (χ0v) is 10.6. The molecule has 0 saturated carbocycles. The molecule has 5 heteroatoms. The number of hydrogen-bond acceptors (Lipinski definition) is 1. The predicted molar refractivity (Wildman–Crippen MR) is 69.1 cm³/mol. The normalized spacial score (nSPS) is 11.1. The van der Waals surface area contributed by atoms with E-state index in [0.29, 0.717) is 9.99 Å². The summed E-state index contributed by atoms with van der Waals surface area (Å²) >= 11 is 3.04. The van der Waals surface area contributed by atoms with Crippen molar-refractivity contribution in [3.63, 3.8) is 0 Å². The lowest BCUT2D eigenvalue weighted by molar-refractivity contribution is 0.586. The summed E-state index contributed by atoms with van der Waals surface area (Å²) in [6, 6.07) is 9.67. The molecule has 2 aromatic carbocycles. The van der Waals surface area contributed by atoms with Crippen LogP contribution in [0.2, 0.25) is 0 Å². The van der Waals surface area contributed by atoms with Crippen molar-refractivity contribution in [2.75, 3.05) is 0 Å². The highest BCUT2D eigenvalue weighted by atomic mass is 79.9. The van der Waals surface area contributed by atoms with Crippen LogP contribution in [0.5, 0.6) is 0 Å². The SMILES string of the molecule is Fc1cc(Br)cc(F)c1-c1nc2ccccc2[nH]1. The second-order valence-electron chi connectivity index (χ2n) is 3.85. The molecule has 0 fully saturated rings. The van der Waals surface area contributed by atoms with E-state index in [1.165, 1.54) is 12.1 Å². The summed E-state index contributed by atoms with van der Waals surface area (Å²) < 4.78 is 27.9. The molecule has 18 heavy (non-hydrogen) atoms. The second-order valence-corrected chi connectivity index (χ2v) is 4.76. The Morgan fingerprint density at radius 1 is 1.06 bits per heavy atom. The van der Waals surface area contributed by atoms with E-state index < -0.39 is 11.6 Å². The zero-order valence-electron chi connectivity index (χ0n) is 9.05. The highest BCUT2D eigenvalue weighted by Crippen LogP contribution is 2.28. The van der Waals surface area contributed by atoms with Gasteiger partial charge in [-0.25, -0.2) is 13.8 Å². The molecule has 0 aliphatic heterocycles. The van der Waals surface area contributed by atoms with Gasteiger partial charge in [0.1, 0.15) is 17.5 Å². The summed E-state index contributed by atoms with van der Waals surface area (Å²) in [4.78, 5) is 7.09. The molecule has 0 aliphatic rings. The van der Waals surface area contributed by atoms with Crippen molar-refractivity contribution in [1.29, 1.82) is 0 Å².